The first-order chi connectivity index (χ1) is 7.54. The van der Waals surface area contributed by atoms with E-state index >= 15 is 0 Å². The number of hydrogen-bond donors (Lipinski definition) is 0. The molecular weight excluding hydrogens is 217 g/mol. The zero-order valence-corrected chi connectivity index (χ0v) is 9.37. The van der Waals surface area contributed by atoms with Crippen molar-refractivity contribution in [2.75, 3.05) is 7.11 Å². The molecule has 1 nitrogen and oxygen atoms in total. The van der Waals surface area contributed by atoms with Crippen molar-refractivity contribution in [2.45, 2.75) is 26.4 Å². The number of rotatable bonds is 4. The van der Waals surface area contributed by atoms with Crippen molar-refractivity contribution >= 4 is 0 Å². The lowest BCUT2D eigenvalue weighted by Gasteiger charge is -2.13. The number of halogens is 3. The number of benzene rings is 1. The predicted octanol–water partition coefficient (Wildman–Crippen LogP) is 3.38. The third kappa shape index (κ3) is 2.21. The van der Waals surface area contributed by atoms with Crippen LogP contribution in [0.3, 0.4) is 0 Å². The largest absolute Gasteiger partial charge is 0.380 e. The highest BCUT2D eigenvalue weighted by Crippen LogP contribution is 2.26. The van der Waals surface area contributed by atoms with Crippen LogP contribution < -0.4 is 0 Å². The van der Waals surface area contributed by atoms with Crippen LogP contribution in [0.4, 0.5) is 13.2 Å². The minimum Gasteiger partial charge on any atom is -0.380 e. The summed E-state index contributed by atoms with van der Waals surface area (Å²) in [7, 11) is 1.30. The quantitative estimate of drug-likeness (QED) is 0.722. The third-order valence-electron chi connectivity index (χ3n) is 2.41. The number of methoxy groups -OCH3 is 1. The van der Waals surface area contributed by atoms with Gasteiger partial charge in [-0.15, -0.1) is 0 Å². The molecule has 16 heavy (non-hydrogen) atoms. The van der Waals surface area contributed by atoms with Crippen molar-refractivity contribution in [2.24, 2.45) is 0 Å². The van der Waals surface area contributed by atoms with Crippen LogP contribution in [0.2, 0.25) is 0 Å². The Kier molecular flexibility index (Phi) is 4.35. The van der Waals surface area contributed by atoms with E-state index in [4.69, 9.17) is 0 Å². The average Bonchev–Trinajstić information content (AvgIpc) is 2.28. The normalized spacial score (nSPS) is 10.9. The summed E-state index contributed by atoms with van der Waals surface area (Å²) in [5.41, 5.74) is -0.430. The molecule has 0 aliphatic carbocycles. The van der Waals surface area contributed by atoms with E-state index in [1.807, 2.05) is 6.92 Å². The van der Waals surface area contributed by atoms with Gasteiger partial charge in [0.25, 0.3) is 0 Å². The van der Waals surface area contributed by atoms with Gasteiger partial charge in [0.15, 0.2) is 11.6 Å². The van der Waals surface area contributed by atoms with E-state index in [1.54, 1.807) is 0 Å². The van der Waals surface area contributed by atoms with Crippen LogP contribution >= 0.6 is 0 Å². The summed E-state index contributed by atoms with van der Waals surface area (Å²) in [6, 6.07) is 0. The van der Waals surface area contributed by atoms with Crippen molar-refractivity contribution in [3.63, 3.8) is 0 Å². The molecule has 89 valence electrons. The highest BCUT2D eigenvalue weighted by molar-refractivity contribution is 5.38. The Balaban J connectivity index is 3.39. The molecule has 1 rings (SSSR count). The van der Waals surface area contributed by atoms with Crippen LogP contribution in [-0.2, 0) is 17.8 Å². The molecule has 0 fully saturated rings. The smallest absolute Gasteiger partial charge is 0.167 e. The molecule has 0 saturated heterocycles. The molecule has 0 atom stereocenters. The van der Waals surface area contributed by atoms with E-state index in [1.165, 1.54) is 7.11 Å². The average molecular weight is 231 g/mol. The fraction of sp³-hybridized carbons (Fsp3) is 0.417. The van der Waals surface area contributed by atoms with Crippen molar-refractivity contribution in [1.82, 2.24) is 0 Å². The standard InChI is InChI=1S/C12H14F3O/c1-4-5-8-7(2)10(13)12(15)9(6-16-3)11(8)14/h2,4-6H2,1,3H3. The molecule has 0 bridgehead atoms. The van der Waals surface area contributed by atoms with Gasteiger partial charge in [0.2, 0.25) is 0 Å². The molecule has 4 heteroatoms. The second-order valence-corrected chi connectivity index (χ2v) is 3.56. The minimum absolute atomic E-state index is 0.133. The van der Waals surface area contributed by atoms with Crippen LogP contribution in [0, 0.1) is 24.4 Å². The molecule has 0 unspecified atom stereocenters. The SMILES string of the molecule is [CH2]c1c(F)c(F)c(COC)c(F)c1CCC. The lowest BCUT2D eigenvalue weighted by Crippen LogP contribution is -2.08. The first kappa shape index (κ1) is 13.0. The first-order valence-corrected chi connectivity index (χ1v) is 5.03. The third-order valence-corrected chi connectivity index (χ3v) is 2.41. The van der Waals surface area contributed by atoms with Gasteiger partial charge in [0.1, 0.15) is 5.82 Å². The maximum atomic E-state index is 13.8. The van der Waals surface area contributed by atoms with Gasteiger partial charge in [0.05, 0.1) is 12.2 Å². The summed E-state index contributed by atoms with van der Waals surface area (Å²) < 4.78 is 45.3. The summed E-state index contributed by atoms with van der Waals surface area (Å²) in [4.78, 5) is 0. The molecule has 1 radical (unpaired) electrons. The molecule has 0 saturated carbocycles. The fourth-order valence-electron chi connectivity index (χ4n) is 1.59. The summed E-state index contributed by atoms with van der Waals surface area (Å²) in [5.74, 6) is -3.03. The highest BCUT2D eigenvalue weighted by atomic mass is 19.2. The summed E-state index contributed by atoms with van der Waals surface area (Å²) in [5, 5.41) is 0. The van der Waals surface area contributed by atoms with E-state index < -0.39 is 17.5 Å². The molecule has 0 aliphatic heterocycles. The zero-order valence-electron chi connectivity index (χ0n) is 9.37. The van der Waals surface area contributed by atoms with E-state index in [0.717, 1.165) is 0 Å². The van der Waals surface area contributed by atoms with Gasteiger partial charge in [-0.05, 0) is 24.5 Å². The van der Waals surface area contributed by atoms with Crippen LogP contribution in [0.15, 0.2) is 0 Å². The van der Waals surface area contributed by atoms with Crippen LogP contribution in [0.5, 0.6) is 0 Å². The van der Waals surface area contributed by atoms with Gasteiger partial charge in [-0.25, -0.2) is 13.2 Å². The summed E-state index contributed by atoms with van der Waals surface area (Å²) in [6.07, 6.45) is 0.968. The molecule has 0 amide bonds. The van der Waals surface area contributed by atoms with Gasteiger partial charge in [-0.1, -0.05) is 13.3 Å². The van der Waals surface area contributed by atoms with E-state index in [-0.39, 0.29) is 23.3 Å². The highest BCUT2D eigenvalue weighted by Gasteiger charge is 2.21. The Morgan fingerprint density at radius 1 is 1.06 bits per heavy atom. The Bertz CT molecular complexity index is 355. The van der Waals surface area contributed by atoms with Gasteiger partial charge in [0, 0.05) is 7.11 Å². The topological polar surface area (TPSA) is 9.23 Å². The molecule has 0 heterocycles. The summed E-state index contributed by atoms with van der Waals surface area (Å²) >= 11 is 0. The van der Waals surface area contributed by atoms with Gasteiger partial charge >= 0.3 is 0 Å². The van der Waals surface area contributed by atoms with Crippen LogP contribution in [0.25, 0.3) is 0 Å². The fourth-order valence-corrected chi connectivity index (χ4v) is 1.59. The molecule has 0 N–H and O–H groups in total. The van der Waals surface area contributed by atoms with E-state index in [9.17, 15) is 13.2 Å². The second kappa shape index (κ2) is 5.34. The van der Waals surface area contributed by atoms with E-state index in [0.29, 0.717) is 12.8 Å². The second-order valence-electron chi connectivity index (χ2n) is 3.56. The lowest BCUT2D eigenvalue weighted by atomic mass is 9.99. The first-order valence-electron chi connectivity index (χ1n) is 5.03. The Morgan fingerprint density at radius 2 is 1.69 bits per heavy atom. The van der Waals surface area contributed by atoms with E-state index in [2.05, 4.69) is 11.7 Å². The molecule has 1 aromatic rings. The van der Waals surface area contributed by atoms with Crippen LogP contribution in [0.1, 0.15) is 30.0 Å². The molecule has 1 aromatic carbocycles. The predicted molar refractivity (Wildman–Crippen MR) is 55.5 cm³/mol. The Labute approximate surface area is 93.2 Å². The minimum atomic E-state index is -1.20. The molecule has 0 aromatic heterocycles. The zero-order chi connectivity index (χ0) is 12.3. The number of ether oxygens (including phenoxy) is 1. The summed E-state index contributed by atoms with van der Waals surface area (Å²) in [6.45, 7) is 4.91. The maximum Gasteiger partial charge on any atom is 0.167 e. The van der Waals surface area contributed by atoms with Crippen LogP contribution in [-0.4, -0.2) is 7.11 Å². The number of hydrogen-bond acceptors (Lipinski definition) is 1. The van der Waals surface area contributed by atoms with Crippen molar-refractivity contribution < 1.29 is 17.9 Å². The maximum absolute atomic E-state index is 13.8. The molecule has 0 spiro atoms. The van der Waals surface area contributed by atoms with Gasteiger partial charge in [-0.2, -0.15) is 0 Å². The molecule has 0 aliphatic rings. The lowest BCUT2D eigenvalue weighted by molar-refractivity contribution is 0.176. The van der Waals surface area contributed by atoms with Gasteiger partial charge < -0.3 is 4.74 Å². The van der Waals surface area contributed by atoms with Crippen molar-refractivity contribution in [3.8, 4) is 0 Å². The Morgan fingerprint density at radius 3 is 2.19 bits per heavy atom. The van der Waals surface area contributed by atoms with Gasteiger partial charge in [-0.3, -0.25) is 0 Å². The van der Waals surface area contributed by atoms with Crippen molar-refractivity contribution in [1.29, 1.82) is 0 Å². The Hall–Kier alpha value is -1.03. The van der Waals surface area contributed by atoms with Crippen molar-refractivity contribution in [3.05, 3.63) is 41.1 Å². The molecular formula is C12H14F3O. The monoisotopic (exact) mass is 231 g/mol.